The summed E-state index contributed by atoms with van der Waals surface area (Å²) in [6, 6.07) is 11.6. The number of aromatic amines is 1. The summed E-state index contributed by atoms with van der Waals surface area (Å²) in [5, 5.41) is 0. The molecule has 4 rings (SSSR count). The van der Waals surface area contributed by atoms with Crippen molar-refractivity contribution in [1.82, 2.24) is 19.6 Å². The number of nitrogens with one attached hydrogen (secondary N) is 2. The number of likely N-dealkylation sites (tertiary alicyclic amines) is 1. The minimum Gasteiger partial charge on any atom is -0.368 e. The van der Waals surface area contributed by atoms with Gasteiger partial charge in [-0.15, -0.1) is 0 Å². The quantitative estimate of drug-likeness (QED) is 0.340. The predicted octanol–water partition coefficient (Wildman–Crippen LogP) is 3.59. The van der Waals surface area contributed by atoms with Gasteiger partial charge in [0.15, 0.2) is 4.75 Å². The number of piperidine rings is 1. The third kappa shape index (κ3) is 5.78. The van der Waals surface area contributed by atoms with Crippen LogP contribution < -0.4 is 10.5 Å². The number of hydrogen-bond acceptors (Lipinski definition) is 5. The van der Waals surface area contributed by atoms with E-state index in [1.165, 1.54) is 19.2 Å². The number of H-pyrrole nitrogens is 1. The summed E-state index contributed by atoms with van der Waals surface area (Å²) in [7, 11) is -4.60. The zero-order chi connectivity index (χ0) is 29.1. The number of amides is 2. The lowest BCUT2D eigenvalue weighted by atomic mass is 9.87. The summed E-state index contributed by atoms with van der Waals surface area (Å²) in [4.78, 5) is 35.5. The van der Waals surface area contributed by atoms with E-state index in [-0.39, 0.29) is 29.7 Å². The largest absolute Gasteiger partial charge is 0.368 e. The number of nitrogens with zero attached hydrogens (tertiary/aromatic N) is 2. The van der Waals surface area contributed by atoms with Crippen LogP contribution in [-0.2, 0) is 26.2 Å². The normalized spacial score (nSPS) is 18.2. The molecule has 0 spiro atoms. The molecule has 1 saturated heterocycles. The summed E-state index contributed by atoms with van der Waals surface area (Å²) in [5.41, 5.74) is 6.65. The van der Waals surface area contributed by atoms with Gasteiger partial charge in [0, 0.05) is 36.7 Å². The van der Waals surface area contributed by atoms with Crippen molar-refractivity contribution >= 4 is 21.8 Å². The highest BCUT2D eigenvalue weighted by atomic mass is 32.2. The summed E-state index contributed by atoms with van der Waals surface area (Å²) in [6.07, 6.45) is 3.01. The minimum absolute atomic E-state index is 0.000280. The van der Waals surface area contributed by atoms with Gasteiger partial charge in [-0.25, -0.2) is 26.9 Å². The Bertz CT molecular complexity index is 1480. The molecule has 2 heterocycles. The van der Waals surface area contributed by atoms with Crippen molar-refractivity contribution in [3.05, 3.63) is 77.8 Å². The maximum Gasteiger partial charge on any atom is 0.241 e. The van der Waals surface area contributed by atoms with Gasteiger partial charge in [-0.3, -0.25) is 9.59 Å². The summed E-state index contributed by atoms with van der Waals surface area (Å²) in [6.45, 7) is 3.62. The molecule has 2 aromatic carbocycles. The number of nitrogens with two attached hydrogens (primary N) is 1. The van der Waals surface area contributed by atoms with Gasteiger partial charge in [-0.05, 0) is 43.9 Å². The van der Waals surface area contributed by atoms with E-state index in [0.29, 0.717) is 18.2 Å². The van der Waals surface area contributed by atoms with Crippen molar-refractivity contribution in [2.24, 2.45) is 5.73 Å². The Morgan fingerprint density at radius 1 is 1.20 bits per heavy atom. The molecule has 1 aliphatic heterocycles. The Labute approximate surface area is 232 Å². The topological polar surface area (TPSA) is 138 Å². The van der Waals surface area contributed by atoms with Crippen molar-refractivity contribution in [3.8, 4) is 11.3 Å². The highest BCUT2D eigenvalue weighted by Crippen LogP contribution is 2.38. The van der Waals surface area contributed by atoms with Gasteiger partial charge in [-0.2, -0.15) is 0 Å². The second-order valence-electron chi connectivity index (χ2n) is 10.2. The Kier molecular flexibility index (Phi) is 8.69. The smallest absolute Gasteiger partial charge is 0.241 e. The zero-order valence-electron chi connectivity index (χ0n) is 22.4. The molecule has 0 aliphatic carbocycles. The lowest BCUT2D eigenvalue weighted by molar-refractivity contribution is -0.137. The van der Waals surface area contributed by atoms with Crippen molar-refractivity contribution in [2.75, 3.05) is 6.54 Å². The Morgan fingerprint density at radius 2 is 1.93 bits per heavy atom. The standard InChI is InChI=1S/C28H33F2N5O4S/c1-18-8-6-7-13-35(18)25(36)15-28(27(31)37,40(38,39)33-16-20-9-4-3-5-10-20)19(2)26-32-17-24(34-26)22-12-11-21(29)14-23(22)30/h3-5,9-12,14,17-19,33H,6-8,13,15-16H2,1-2H3,(H2,31,37)(H,32,34)/t18-,19-,28?/m0/s1. The van der Waals surface area contributed by atoms with E-state index in [1.54, 1.807) is 35.2 Å². The number of halogens is 2. The first kappa shape index (κ1) is 29.3. The van der Waals surface area contributed by atoms with Crippen molar-refractivity contribution in [3.63, 3.8) is 0 Å². The molecule has 1 aliphatic rings. The predicted molar refractivity (Wildman–Crippen MR) is 146 cm³/mol. The van der Waals surface area contributed by atoms with Crippen LogP contribution in [0.2, 0.25) is 0 Å². The fraction of sp³-hybridized carbons (Fsp3) is 0.393. The highest BCUT2D eigenvalue weighted by Gasteiger charge is 2.57. The van der Waals surface area contributed by atoms with Crippen LogP contribution in [-0.4, -0.2) is 52.4 Å². The van der Waals surface area contributed by atoms with Gasteiger partial charge in [0.2, 0.25) is 21.8 Å². The van der Waals surface area contributed by atoms with E-state index in [9.17, 15) is 26.8 Å². The Balaban J connectivity index is 1.76. The van der Waals surface area contributed by atoms with Gasteiger partial charge in [0.05, 0.1) is 18.3 Å². The fourth-order valence-electron chi connectivity index (χ4n) is 5.23. The van der Waals surface area contributed by atoms with E-state index in [1.807, 2.05) is 6.92 Å². The number of benzene rings is 2. The second kappa shape index (κ2) is 11.8. The third-order valence-electron chi connectivity index (χ3n) is 7.67. The van der Waals surface area contributed by atoms with Crippen LogP contribution in [0.5, 0.6) is 0 Å². The molecule has 9 nitrogen and oxygen atoms in total. The minimum atomic E-state index is -4.60. The summed E-state index contributed by atoms with van der Waals surface area (Å²) < 4.78 is 56.0. The third-order valence-corrected chi connectivity index (χ3v) is 9.85. The van der Waals surface area contributed by atoms with E-state index in [0.717, 1.165) is 25.3 Å². The molecular formula is C28H33F2N5O4S. The first-order valence-corrected chi connectivity index (χ1v) is 14.6. The van der Waals surface area contributed by atoms with Crippen molar-refractivity contribution in [2.45, 2.75) is 62.8 Å². The number of carbonyl (C=O) groups is 2. The van der Waals surface area contributed by atoms with Crippen LogP contribution in [0.3, 0.4) is 0 Å². The van der Waals surface area contributed by atoms with Crippen LogP contribution in [0.15, 0.2) is 54.7 Å². The maximum absolute atomic E-state index is 14.5. The van der Waals surface area contributed by atoms with E-state index in [4.69, 9.17) is 5.73 Å². The number of rotatable bonds is 10. The zero-order valence-corrected chi connectivity index (χ0v) is 23.2. The van der Waals surface area contributed by atoms with E-state index >= 15 is 0 Å². The molecule has 1 fully saturated rings. The van der Waals surface area contributed by atoms with E-state index in [2.05, 4.69) is 14.7 Å². The van der Waals surface area contributed by atoms with Gasteiger partial charge >= 0.3 is 0 Å². The molecule has 214 valence electrons. The number of sulfonamides is 1. The molecule has 1 unspecified atom stereocenters. The van der Waals surface area contributed by atoms with Crippen LogP contribution in [0.4, 0.5) is 8.78 Å². The fourth-order valence-corrected chi connectivity index (χ4v) is 7.00. The molecule has 3 aromatic rings. The molecule has 12 heteroatoms. The maximum atomic E-state index is 14.5. The van der Waals surface area contributed by atoms with Gasteiger partial charge in [0.1, 0.15) is 17.5 Å². The first-order chi connectivity index (χ1) is 19.0. The highest BCUT2D eigenvalue weighted by molar-refractivity contribution is 7.91. The van der Waals surface area contributed by atoms with Crippen LogP contribution in [0, 0.1) is 11.6 Å². The molecule has 40 heavy (non-hydrogen) atoms. The molecule has 4 N–H and O–H groups in total. The van der Waals surface area contributed by atoms with Gasteiger partial charge in [-0.1, -0.05) is 37.3 Å². The van der Waals surface area contributed by atoms with Crippen molar-refractivity contribution in [1.29, 1.82) is 0 Å². The average Bonchev–Trinajstić information content (AvgIpc) is 3.40. The van der Waals surface area contributed by atoms with Gasteiger partial charge in [0.25, 0.3) is 0 Å². The lowest BCUT2D eigenvalue weighted by Crippen LogP contribution is -2.60. The molecule has 2 amide bonds. The van der Waals surface area contributed by atoms with E-state index < -0.39 is 50.6 Å². The monoisotopic (exact) mass is 573 g/mol. The number of primary amides is 1. The molecule has 0 radical (unpaired) electrons. The number of hydrogen-bond donors (Lipinski definition) is 3. The number of carbonyl (C=O) groups excluding carboxylic acids is 2. The number of aromatic nitrogens is 2. The van der Waals surface area contributed by atoms with Gasteiger partial charge < -0.3 is 15.6 Å². The summed E-state index contributed by atoms with van der Waals surface area (Å²) in [5.74, 6) is -4.59. The molecule has 3 atom stereocenters. The Hall–Kier alpha value is -3.64. The average molecular weight is 574 g/mol. The second-order valence-corrected chi connectivity index (χ2v) is 12.2. The SMILES string of the molecule is C[C@H]1CCCCN1C(=O)CC(C(N)=O)([C@@H](C)c1ncc(-c2ccc(F)cc2F)[nH]1)S(=O)(=O)NCc1ccccc1. The molecule has 1 aromatic heterocycles. The van der Waals surface area contributed by atoms with Crippen molar-refractivity contribution < 1.29 is 26.8 Å². The first-order valence-electron chi connectivity index (χ1n) is 13.1. The molecule has 0 saturated carbocycles. The van der Waals surface area contributed by atoms with Crippen LogP contribution in [0.25, 0.3) is 11.3 Å². The molecular weight excluding hydrogens is 540 g/mol. The summed E-state index contributed by atoms with van der Waals surface area (Å²) >= 11 is 0. The lowest BCUT2D eigenvalue weighted by Gasteiger charge is -2.39. The number of imidazole rings is 1. The van der Waals surface area contributed by atoms with Crippen LogP contribution in [0.1, 0.15) is 56.8 Å². The molecule has 0 bridgehead atoms. The Morgan fingerprint density at radius 3 is 2.58 bits per heavy atom. The van der Waals surface area contributed by atoms with Crippen LogP contribution >= 0.6 is 0 Å².